The van der Waals surface area contributed by atoms with Crippen molar-refractivity contribution in [2.24, 2.45) is 5.14 Å². The van der Waals surface area contributed by atoms with Gasteiger partial charge in [-0.1, -0.05) is 11.6 Å². The molecular weight excluding hydrogens is 311 g/mol. The van der Waals surface area contributed by atoms with Crippen molar-refractivity contribution in [2.45, 2.75) is 17.4 Å². The summed E-state index contributed by atoms with van der Waals surface area (Å²) in [6.07, 6.45) is 0.614. The van der Waals surface area contributed by atoms with E-state index >= 15 is 0 Å². The average Bonchev–Trinajstić information content (AvgIpc) is 2.79. The molecule has 1 aliphatic rings. The quantitative estimate of drug-likeness (QED) is 0.853. The number of amides is 1. The van der Waals surface area contributed by atoms with Gasteiger partial charge >= 0.3 is 0 Å². The third-order valence-electron chi connectivity index (χ3n) is 2.84. The lowest BCUT2D eigenvalue weighted by Gasteiger charge is -2.12. The van der Waals surface area contributed by atoms with E-state index in [4.69, 9.17) is 21.5 Å². The van der Waals surface area contributed by atoms with Crippen LogP contribution in [-0.2, 0) is 14.8 Å². The third-order valence-corrected chi connectivity index (χ3v) is 4.21. The fraction of sp³-hybridized carbons (Fsp3) is 0.364. The molecule has 110 valence electrons. The van der Waals surface area contributed by atoms with E-state index in [-0.39, 0.29) is 11.1 Å². The molecule has 1 fully saturated rings. The van der Waals surface area contributed by atoms with E-state index in [1.54, 1.807) is 0 Å². The van der Waals surface area contributed by atoms with Crippen LogP contribution in [0.3, 0.4) is 0 Å². The molecule has 20 heavy (non-hydrogen) atoms. The first-order valence-corrected chi connectivity index (χ1v) is 7.62. The van der Waals surface area contributed by atoms with Gasteiger partial charge in [0.2, 0.25) is 10.0 Å². The summed E-state index contributed by atoms with van der Waals surface area (Å²) in [7, 11) is -4.14. The largest absolute Gasteiger partial charge is 0.379 e. The molecule has 0 aliphatic carbocycles. The average molecular weight is 323 g/mol. The molecule has 1 aliphatic heterocycles. The number of halogens is 2. The summed E-state index contributed by atoms with van der Waals surface area (Å²) in [5, 5.41) is 7.14. The smallest absolute Gasteiger partial charge is 0.254 e. The highest BCUT2D eigenvalue weighted by Crippen LogP contribution is 2.24. The van der Waals surface area contributed by atoms with Crippen LogP contribution in [0.2, 0.25) is 5.02 Å². The van der Waals surface area contributed by atoms with Crippen LogP contribution in [0, 0.1) is 5.82 Å². The topological polar surface area (TPSA) is 98.5 Å². The minimum absolute atomic E-state index is 0.226. The number of hydrogen-bond donors (Lipinski definition) is 2. The van der Waals surface area contributed by atoms with Crippen molar-refractivity contribution in [3.63, 3.8) is 0 Å². The van der Waals surface area contributed by atoms with Crippen LogP contribution in [0.15, 0.2) is 17.0 Å². The van der Waals surface area contributed by atoms with Gasteiger partial charge in [0.25, 0.3) is 5.91 Å². The molecule has 3 N–H and O–H groups in total. The maximum absolute atomic E-state index is 13.7. The highest BCUT2D eigenvalue weighted by molar-refractivity contribution is 7.89. The van der Waals surface area contributed by atoms with Crippen LogP contribution in [-0.4, -0.2) is 33.6 Å². The molecule has 6 nitrogen and oxygen atoms in total. The summed E-state index contributed by atoms with van der Waals surface area (Å²) in [4.78, 5) is 11.4. The first-order chi connectivity index (χ1) is 9.29. The maximum Gasteiger partial charge on any atom is 0.254 e. The molecule has 0 aromatic heterocycles. The molecule has 2 rings (SSSR count). The summed E-state index contributed by atoms with van der Waals surface area (Å²) >= 11 is 5.61. The zero-order valence-corrected chi connectivity index (χ0v) is 11.8. The lowest BCUT2D eigenvalue weighted by atomic mass is 10.1. The van der Waals surface area contributed by atoms with Crippen LogP contribution in [0.4, 0.5) is 4.39 Å². The van der Waals surface area contributed by atoms with Gasteiger partial charge in [0.15, 0.2) is 0 Å². The summed E-state index contributed by atoms with van der Waals surface area (Å²) in [5.74, 6) is -1.65. The van der Waals surface area contributed by atoms with E-state index in [0.29, 0.717) is 19.6 Å². The van der Waals surface area contributed by atoms with Crippen molar-refractivity contribution in [1.82, 2.24) is 5.32 Å². The SMILES string of the molecule is NS(=O)(=O)c1cc(C(=O)NC2CCOC2)c(F)cc1Cl. The molecule has 1 saturated heterocycles. The number of nitrogens with one attached hydrogen (secondary N) is 1. The summed E-state index contributed by atoms with van der Waals surface area (Å²) in [5.41, 5.74) is -0.426. The van der Waals surface area contributed by atoms with E-state index < -0.39 is 32.2 Å². The predicted molar refractivity (Wildman–Crippen MR) is 69.5 cm³/mol. The standard InChI is InChI=1S/C11H12ClFN2O4S/c12-8-4-9(13)7(3-10(8)20(14,17)18)11(16)15-6-1-2-19-5-6/h3-4,6H,1-2,5H2,(H,15,16)(H2,14,17,18). The second-order valence-electron chi connectivity index (χ2n) is 4.34. The molecule has 1 aromatic carbocycles. The minimum atomic E-state index is -4.14. The normalized spacial score (nSPS) is 19.1. The number of sulfonamides is 1. The van der Waals surface area contributed by atoms with Gasteiger partial charge in [-0.15, -0.1) is 0 Å². The Morgan fingerprint density at radius 1 is 1.50 bits per heavy atom. The molecule has 0 bridgehead atoms. The molecule has 1 amide bonds. The fourth-order valence-corrected chi connectivity index (χ4v) is 2.92. The summed E-state index contributed by atoms with van der Waals surface area (Å²) in [6, 6.07) is 1.36. The van der Waals surface area contributed by atoms with Gasteiger partial charge in [0, 0.05) is 6.61 Å². The minimum Gasteiger partial charge on any atom is -0.379 e. The molecule has 0 radical (unpaired) electrons. The summed E-state index contributed by atoms with van der Waals surface area (Å²) in [6.45, 7) is 0.847. The molecule has 1 heterocycles. The van der Waals surface area contributed by atoms with E-state index in [0.717, 1.165) is 12.1 Å². The van der Waals surface area contributed by atoms with E-state index in [1.807, 2.05) is 0 Å². The Bertz CT molecular complexity index is 644. The number of hydrogen-bond acceptors (Lipinski definition) is 4. The first kappa shape index (κ1) is 15.2. The van der Waals surface area contributed by atoms with Gasteiger partial charge < -0.3 is 10.1 Å². The lowest BCUT2D eigenvalue weighted by Crippen LogP contribution is -2.35. The monoisotopic (exact) mass is 322 g/mol. The number of carbonyl (C=O) groups excluding carboxylic acids is 1. The Morgan fingerprint density at radius 3 is 2.75 bits per heavy atom. The number of rotatable bonds is 3. The Hall–Kier alpha value is -1.22. The number of ether oxygens (including phenoxy) is 1. The Morgan fingerprint density at radius 2 is 2.20 bits per heavy atom. The molecule has 0 saturated carbocycles. The van der Waals surface area contributed by atoms with Crippen molar-refractivity contribution in [2.75, 3.05) is 13.2 Å². The van der Waals surface area contributed by atoms with Gasteiger partial charge in [-0.05, 0) is 18.6 Å². The van der Waals surface area contributed by atoms with Crippen LogP contribution in [0.5, 0.6) is 0 Å². The van der Waals surface area contributed by atoms with Gasteiger partial charge in [0.05, 0.1) is 23.2 Å². The highest BCUT2D eigenvalue weighted by atomic mass is 35.5. The molecule has 0 spiro atoms. The first-order valence-electron chi connectivity index (χ1n) is 5.69. The zero-order valence-electron chi connectivity index (χ0n) is 10.2. The number of benzene rings is 1. The second-order valence-corrected chi connectivity index (χ2v) is 6.28. The highest BCUT2D eigenvalue weighted by Gasteiger charge is 2.23. The van der Waals surface area contributed by atoms with Crippen molar-refractivity contribution in [3.05, 3.63) is 28.5 Å². The second kappa shape index (κ2) is 5.65. The van der Waals surface area contributed by atoms with Crippen LogP contribution in [0.1, 0.15) is 16.8 Å². The zero-order chi connectivity index (χ0) is 14.9. The Balaban J connectivity index is 2.33. The van der Waals surface area contributed by atoms with Crippen molar-refractivity contribution in [1.29, 1.82) is 0 Å². The number of carbonyl (C=O) groups is 1. The van der Waals surface area contributed by atoms with Crippen molar-refractivity contribution in [3.8, 4) is 0 Å². The maximum atomic E-state index is 13.7. The number of primary sulfonamides is 1. The molecule has 1 aromatic rings. The summed E-state index contributed by atoms with van der Waals surface area (Å²) < 4.78 is 41.4. The number of nitrogens with two attached hydrogens (primary N) is 1. The molecule has 9 heteroatoms. The molecular formula is C11H12ClFN2O4S. The third kappa shape index (κ3) is 3.26. The lowest BCUT2D eigenvalue weighted by molar-refractivity contribution is 0.0925. The Kier molecular flexibility index (Phi) is 4.28. The van der Waals surface area contributed by atoms with Gasteiger partial charge in [-0.25, -0.2) is 17.9 Å². The van der Waals surface area contributed by atoms with Gasteiger partial charge in [-0.2, -0.15) is 0 Å². The predicted octanol–water partition coefficient (Wildman–Crippen LogP) is 0.645. The van der Waals surface area contributed by atoms with Crippen molar-refractivity contribution >= 4 is 27.5 Å². The molecule has 1 atom stereocenters. The van der Waals surface area contributed by atoms with Crippen LogP contribution in [0.25, 0.3) is 0 Å². The fourth-order valence-electron chi connectivity index (χ4n) is 1.83. The molecule has 1 unspecified atom stereocenters. The van der Waals surface area contributed by atoms with Crippen molar-refractivity contribution < 1.29 is 22.3 Å². The van der Waals surface area contributed by atoms with E-state index in [1.165, 1.54) is 0 Å². The van der Waals surface area contributed by atoms with E-state index in [9.17, 15) is 17.6 Å². The van der Waals surface area contributed by atoms with Crippen LogP contribution >= 0.6 is 11.6 Å². The Labute approximate surface area is 120 Å². The van der Waals surface area contributed by atoms with Gasteiger partial charge in [-0.3, -0.25) is 4.79 Å². The van der Waals surface area contributed by atoms with Crippen LogP contribution < -0.4 is 10.5 Å². The van der Waals surface area contributed by atoms with E-state index in [2.05, 4.69) is 5.32 Å². The van der Waals surface area contributed by atoms with Gasteiger partial charge in [0.1, 0.15) is 10.7 Å².